The minimum atomic E-state index is -1.26. The molecule has 4 nitrogen and oxygen atoms in total. The van der Waals surface area contributed by atoms with Gasteiger partial charge in [0.1, 0.15) is 24.4 Å². The van der Waals surface area contributed by atoms with Crippen LogP contribution in [0.15, 0.2) is 32.0 Å². The molecular weight excluding hydrogens is 368 g/mol. The molecule has 0 bridgehead atoms. The zero-order chi connectivity index (χ0) is 14.7. The van der Waals surface area contributed by atoms with Crippen molar-refractivity contribution in [1.29, 1.82) is 0 Å². The number of hydrogen-bond acceptors (Lipinski definition) is 4. The van der Waals surface area contributed by atoms with Gasteiger partial charge in [-0.1, -0.05) is 15.9 Å². The molecule has 1 heterocycles. The summed E-state index contributed by atoms with van der Waals surface area (Å²) in [5.41, 5.74) is 0.596. The van der Waals surface area contributed by atoms with Crippen molar-refractivity contribution in [2.24, 2.45) is 0 Å². The highest BCUT2D eigenvalue weighted by atomic mass is 79.9. The van der Waals surface area contributed by atoms with Gasteiger partial charge in [0.05, 0.1) is 21.6 Å². The molecule has 0 spiro atoms. The third kappa shape index (κ3) is 3.42. The molecule has 2 rings (SSSR count). The van der Waals surface area contributed by atoms with Crippen LogP contribution in [0.3, 0.4) is 0 Å². The third-order valence-corrected chi connectivity index (χ3v) is 4.28. The molecule has 0 fully saturated rings. The number of alkyl halides is 1. The van der Waals surface area contributed by atoms with E-state index in [4.69, 9.17) is 20.8 Å². The van der Waals surface area contributed by atoms with Gasteiger partial charge in [0.15, 0.2) is 0 Å². The first-order valence-electron chi connectivity index (χ1n) is 5.79. The Morgan fingerprint density at radius 1 is 1.50 bits per heavy atom. The number of hydrogen-bond donors (Lipinski definition) is 0. The standard InChI is InChI=1S/C13H12BrClO4S/c1-20(17)13-9-6-8(14)2-3-10(9)19-11(13)7-12(16)18-5-4-15/h2-3,6H,4-5,7H2,1H3. The van der Waals surface area contributed by atoms with Crippen LogP contribution in [-0.2, 0) is 26.8 Å². The number of esters is 1. The largest absolute Gasteiger partial charge is 0.464 e. The summed E-state index contributed by atoms with van der Waals surface area (Å²) in [5.74, 6) is 0.166. The Morgan fingerprint density at radius 3 is 2.90 bits per heavy atom. The molecule has 20 heavy (non-hydrogen) atoms. The molecular formula is C13H12BrClO4S. The predicted molar refractivity (Wildman–Crippen MR) is 81.6 cm³/mol. The number of ether oxygens (including phenoxy) is 1. The first-order chi connectivity index (χ1) is 9.52. The van der Waals surface area contributed by atoms with Gasteiger partial charge in [0.2, 0.25) is 0 Å². The molecule has 0 N–H and O–H groups in total. The second kappa shape index (κ2) is 6.74. The van der Waals surface area contributed by atoms with E-state index in [1.807, 2.05) is 12.1 Å². The SMILES string of the molecule is CS(=O)c1c(CC(=O)OCCCl)oc2ccc(Br)cc12. The van der Waals surface area contributed by atoms with Gasteiger partial charge in [-0.05, 0) is 18.2 Å². The second-order valence-corrected chi connectivity index (χ2v) is 6.65. The molecule has 2 aromatic rings. The Hall–Kier alpha value is -0.850. The first-order valence-corrected chi connectivity index (χ1v) is 8.67. The molecule has 1 aromatic heterocycles. The first kappa shape index (κ1) is 15.5. The van der Waals surface area contributed by atoms with Crippen LogP contribution in [0.4, 0.5) is 0 Å². The van der Waals surface area contributed by atoms with E-state index < -0.39 is 16.8 Å². The summed E-state index contributed by atoms with van der Waals surface area (Å²) in [4.78, 5) is 12.2. The molecule has 1 aromatic carbocycles. The Kier molecular flexibility index (Phi) is 5.23. The fourth-order valence-electron chi connectivity index (χ4n) is 1.86. The summed E-state index contributed by atoms with van der Waals surface area (Å²) < 4.78 is 23.3. The number of rotatable bonds is 5. The van der Waals surface area contributed by atoms with Crippen molar-refractivity contribution in [2.75, 3.05) is 18.7 Å². The van der Waals surface area contributed by atoms with E-state index in [9.17, 15) is 9.00 Å². The van der Waals surface area contributed by atoms with Crippen LogP contribution in [0, 0.1) is 0 Å². The topological polar surface area (TPSA) is 56.5 Å². The number of halogens is 2. The van der Waals surface area contributed by atoms with Crippen molar-refractivity contribution in [3.63, 3.8) is 0 Å². The molecule has 1 unspecified atom stereocenters. The van der Waals surface area contributed by atoms with E-state index in [0.29, 0.717) is 16.2 Å². The number of carbonyl (C=O) groups is 1. The quantitative estimate of drug-likeness (QED) is 0.591. The molecule has 1 atom stereocenters. The molecule has 0 aliphatic carbocycles. The lowest BCUT2D eigenvalue weighted by Gasteiger charge is -2.02. The lowest BCUT2D eigenvalue weighted by Crippen LogP contribution is -2.10. The Balaban J connectivity index is 2.39. The van der Waals surface area contributed by atoms with Crippen molar-refractivity contribution in [1.82, 2.24) is 0 Å². The van der Waals surface area contributed by atoms with Gasteiger partial charge in [-0.15, -0.1) is 11.6 Å². The summed E-state index contributed by atoms with van der Waals surface area (Å²) in [7, 11) is -1.26. The van der Waals surface area contributed by atoms with Gasteiger partial charge >= 0.3 is 5.97 Å². The highest BCUT2D eigenvalue weighted by Gasteiger charge is 2.20. The van der Waals surface area contributed by atoms with Crippen molar-refractivity contribution in [3.05, 3.63) is 28.4 Å². The normalized spacial score (nSPS) is 12.6. The molecule has 7 heteroatoms. The highest BCUT2D eigenvalue weighted by Crippen LogP contribution is 2.31. The number of fused-ring (bicyclic) bond motifs is 1. The molecule has 0 aliphatic rings. The molecule has 0 saturated heterocycles. The van der Waals surface area contributed by atoms with E-state index in [-0.39, 0.29) is 18.9 Å². The van der Waals surface area contributed by atoms with Crippen LogP contribution < -0.4 is 0 Å². The van der Waals surface area contributed by atoms with Crippen molar-refractivity contribution < 1.29 is 18.2 Å². The molecule has 0 amide bonds. The molecule has 0 saturated carbocycles. The van der Waals surface area contributed by atoms with E-state index in [1.165, 1.54) is 0 Å². The van der Waals surface area contributed by atoms with E-state index >= 15 is 0 Å². The maximum Gasteiger partial charge on any atom is 0.313 e. The predicted octanol–water partition coefficient (Wildman–Crippen LogP) is 3.26. The van der Waals surface area contributed by atoms with Crippen LogP contribution in [0.5, 0.6) is 0 Å². The summed E-state index contributed by atoms with van der Waals surface area (Å²) in [5, 5.41) is 0.736. The van der Waals surface area contributed by atoms with Crippen molar-refractivity contribution >= 4 is 55.3 Å². The van der Waals surface area contributed by atoms with Gasteiger partial charge in [-0.2, -0.15) is 0 Å². The Bertz CT molecular complexity index is 668. The highest BCUT2D eigenvalue weighted by molar-refractivity contribution is 9.10. The molecule has 108 valence electrons. The minimum absolute atomic E-state index is 0.0574. The average molecular weight is 380 g/mol. The lowest BCUT2D eigenvalue weighted by atomic mass is 10.2. The Morgan fingerprint density at radius 2 is 2.25 bits per heavy atom. The summed E-state index contributed by atoms with van der Waals surface area (Å²) >= 11 is 8.82. The van der Waals surface area contributed by atoms with E-state index in [0.717, 1.165) is 9.86 Å². The van der Waals surface area contributed by atoms with Crippen LogP contribution in [0.25, 0.3) is 11.0 Å². The monoisotopic (exact) mass is 378 g/mol. The maximum absolute atomic E-state index is 11.9. The Labute approximate surface area is 132 Å². The smallest absolute Gasteiger partial charge is 0.313 e. The summed E-state index contributed by atoms with van der Waals surface area (Å²) in [6.07, 6.45) is 1.50. The fourth-order valence-corrected chi connectivity index (χ4v) is 3.21. The number of benzene rings is 1. The van der Waals surface area contributed by atoms with Crippen molar-refractivity contribution in [3.8, 4) is 0 Å². The van der Waals surface area contributed by atoms with Gasteiger partial charge in [-0.3, -0.25) is 9.00 Å². The lowest BCUT2D eigenvalue weighted by molar-refractivity contribution is -0.142. The molecule has 0 aliphatic heterocycles. The van der Waals surface area contributed by atoms with Gasteiger partial charge in [0, 0.05) is 16.1 Å². The van der Waals surface area contributed by atoms with Gasteiger partial charge in [0.25, 0.3) is 0 Å². The van der Waals surface area contributed by atoms with Crippen LogP contribution in [0.2, 0.25) is 0 Å². The van der Waals surface area contributed by atoms with Gasteiger partial charge in [-0.25, -0.2) is 0 Å². The zero-order valence-electron chi connectivity index (χ0n) is 10.7. The van der Waals surface area contributed by atoms with Crippen LogP contribution >= 0.6 is 27.5 Å². The number of furan rings is 1. The third-order valence-electron chi connectivity index (χ3n) is 2.61. The summed E-state index contributed by atoms with van der Waals surface area (Å²) in [6, 6.07) is 5.41. The van der Waals surface area contributed by atoms with Crippen molar-refractivity contribution in [2.45, 2.75) is 11.3 Å². The second-order valence-electron chi connectivity index (χ2n) is 4.04. The fraction of sp³-hybridized carbons (Fsp3) is 0.308. The number of carbonyl (C=O) groups excluding carboxylic acids is 1. The summed E-state index contributed by atoms with van der Waals surface area (Å²) in [6.45, 7) is 0.150. The minimum Gasteiger partial charge on any atom is -0.464 e. The average Bonchev–Trinajstić information content (AvgIpc) is 2.73. The molecule has 0 radical (unpaired) electrons. The van der Waals surface area contributed by atoms with E-state index in [1.54, 1.807) is 12.3 Å². The van der Waals surface area contributed by atoms with Crippen LogP contribution in [0.1, 0.15) is 5.76 Å². The maximum atomic E-state index is 11.9. The van der Waals surface area contributed by atoms with Gasteiger partial charge < -0.3 is 9.15 Å². The zero-order valence-corrected chi connectivity index (χ0v) is 13.8. The van der Waals surface area contributed by atoms with E-state index in [2.05, 4.69) is 15.9 Å². The van der Waals surface area contributed by atoms with Crippen LogP contribution in [-0.4, -0.2) is 28.9 Å².